The van der Waals surface area contributed by atoms with E-state index in [0.717, 1.165) is 57.4 Å². The molecule has 7 heteroatoms. The Bertz CT molecular complexity index is 462. The maximum absolute atomic E-state index is 11.8. The minimum absolute atomic E-state index is 0.0562. The monoisotopic (exact) mass is 356 g/mol. The van der Waals surface area contributed by atoms with Crippen molar-refractivity contribution in [2.24, 2.45) is 5.73 Å². The van der Waals surface area contributed by atoms with Crippen LogP contribution in [0.4, 0.5) is 4.79 Å². The lowest BCUT2D eigenvalue weighted by Gasteiger charge is -2.35. The minimum atomic E-state index is -0.194. The lowest BCUT2D eigenvalue weighted by Crippen LogP contribution is -2.58. The average Bonchev–Trinajstić information content (AvgIpc) is 2.88. The summed E-state index contributed by atoms with van der Waals surface area (Å²) in [6.45, 7) is 5.74. The van der Waals surface area contributed by atoms with Crippen LogP contribution in [-0.2, 0) is 4.79 Å². The molecule has 2 heterocycles. The number of carbonyl (C=O) groups excluding carboxylic acids is 2. The van der Waals surface area contributed by atoms with E-state index in [4.69, 9.17) is 5.73 Å². The molecule has 3 amide bonds. The van der Waals surface area contributed by atoms with Crippen molar-refractivity contribution in [3.8, 4) is 0 Å². The van der Waals surface area contributed by atoms with E-state index in [1.807, 2.05) is 11.8 Å². The van der Waals surface area contributed by atoms with Crippen LogP contribution in [0, 0.1) is 0 Å². The molecule has 0 saturated carbocycles. The van der Waals surface area contributed by atoms with Crippen molar-refractivity contribution in [3.05, 3.63) is 0 Å². The molecule has 0 aliphatic carbocycles. The number of nitrogens with one attached hydrogen (secondary N) is 3. The Morgan fingerprint density at radius 2 is 2.04 bits per heavy atom. The van der Waals surface area contributed by atoms with Crippen LogP contribution in [-0.4, -0.2) is 47.1 Å². The number of carbonyl (C=O) groups is 2. The number of hydrogen-bond acceptors (Lipinski definition) is 4. The van der Waals surface area contributed by atoms with Gasteiger partial charge in [-0.05, 0) is 46.1 Å². The van der Waals surface area contributed by atoms with Gasteiger partial charge in [-0.2, -0.15) is 11.8 Å². The summed E-state index contributed by atoms with van der Waals surface area (Å²) >= 11 is 1.93. The summed E-state index contributed by atoms with van der Waals surface area (Å²) in [5.41, 5.74) is 5.08. The molecule has 2 saturated heterocycles. The predicted octanol–water partition coefficient (Wildman–Crippen LogP) is 1.74. The zero-order chi connectivity index (χ0) is 17.6. The number of nitrogens with two attached hydrogens (primary N) is 1. The number of thioether (sulfide) groups is 1. The van der Waals surface area contributed by atoms with Gasteiger partial charge in [-0.25, -0.2) is 4.79 Å². The molecular formula is C17H32N4O2S. The number of fused-ring (bicyclic) bond motifs is 1. The first-order chi connectivity index (χ1) is 11.4. The van der Waals surface area contributed by atoms with Crippen LogP contribution in [0.25, 0.3) is 0 Å². The molecule has 2 aliphatic heterocycles. The molecule has 3 unspecified atom stereocenters. The second kappa shape index (κ2) is 8.43. The summed E-state index contributed by atoms with van der Waals surface area (Å²) in [7, 11) is 0. The number of amides is 3. The second-order valence-corrected chi connectivity index (χ2v) is 8.55. The third-order valence-electron chi connectivity index (χ3n) is 5.45. The molecule has 6 nitrogen and oxygen atoms in total. The molecule has 3 atom stereocenters. The van der Waals surface area contributed by atoms with E-state index in [0.29, 0.717) is 11.7 Å². The summed E-state index contributed by atoms with van der Waals surface area (Å²) in [6.07, 6.45) is 6.64. The fourth-order valence-electron chi connectivity index (χ4n) is 3.59. The van der Waals surface area contributed by atoms with E-state index in [1.165, 1.54) is 0 Å². The molecule has 5 N–H and O–H groups in total. The van der Waals surface area contributed by atoms with Crippen molar-refractivity contribution in [1.29, 1.82) is 0 Å². The molecule has 0 aromatic carbocycles. The number of rotatable bonds is 10. The molecule has 0 aromatic rings. The summed E-state index contributed by atoms with van der Waals surface area (Å²) in [4.78, 5) is 23.5. The lowest BCUT2D eigenvalue weighted by molar-refractivity contribution is -0.121. The van der Waals surface area contributed by atoms with E-state index in [-0.39, 0.29) is 23.0 Å². The van der Waals surface area contributed by atoms with Gasteiger partial charge in [0.2, 0.25) is 5.91 Å². The summed E-state index contributed by atoms with van der Waals surface area (Å²) in [5, 5.41) is 9.56. The van der Waals surface area contributed by atoms with E-state index >= 15 is 0 Å². The summed E-state index contributed by atoms with van der Waals surface area (Å²) < 4.78 is 0. The molecule has 0 spiro atoms. The molecule has 2 fully saturated rings. The molecular weight excluding hydrogens is 324 g/mol. The highest BCUT2D eigenvalue weighted by atomic mass is 32.2. The summed E-state index contributed by atoms with van der Waals surface area (Å²) in [6, 6.07) is -0.0562. The molecule has 0 radical (unpaired) electrons. The van der Waals surface area contributed by atoms with Crippen molar-refractivity contribution in [3.63, 3.8) is 0 Å². The largest absolute Gasteiger partial charge is 0.356 e. The number of hydrogen-bond donors (Lipinski definition) is 4. The van der Waals surface area contributed by atoms with Crippen LogP contribution in [0.2, 0.25) is 0 Å². The van der Waals surface area contributed by atoms with Crippen LogP contribution in [0.3, 0.4) is 0 Å². The normalized spacial score (nSPS) is 31.5. The average molecular weight is 357 g/mol. The first-order valence-electron chi connectivity index (χ1n) is 9.10. The lowest BCUT2D eigenvalue weighted by atomic mass is 9.79. The third-order valence-corrected chi connectivity index (χ3v) is 7.30. The Labute approximate surface area is 149 Å². The smallest absolute Gasteiger partial charge is 0.315 e. The highest BCUT2D eigenvalue weighted by Crippen LogP contribution is 2.47. The van der Waals surface area contributed by atoms with Gasteiger partial charge in [0.05, 0.1) is 11.1 Å². The second-order valence-electron chi connectivity index (χ2n) is 7.36. The fourth-order valence-corrected chi connectivity index (χ4v) is 5.48. The van der Waals surface area contributed by atoms with Crippen molar-refractivity contribution in [1.82, 2.24) is 16.0 Å². The van der Waals surface area contributed by atoms with Crippen LogP contribution >= 0.6 is 11.8 Å². The predicted molar refractivity (Wildman–Crippen MR) is 99.1 cm³/mol. The Kier molecular flexibility index (Phi) is 6.80. The van der Waals surface area contributed by atoms with Gasteiger partial charge >= 0.3 is 6.03 Å². The SMILES string of the molecule is CC12CSC(CCCCC(=O)NCCCCCN)C1(C)NC(=O)N2. The van der Waals surface area contributed by atoms with Crippen LogP contribution < -0.4 is 21.7 Å². The Morgan fingerprint density at radius 3 is 2.79 bits per heavy atom. The van der Waals surface area contributed by atoms with Crippen molar-refractivity contribution in [2.75, 3.05) is 18.8 Å². The maximum Gasteiger partial charge on any atom is 0.315 e. The van der Waals surface area contributed by atoms with Gasteiger partial charge in [-0.15, -0.1) is 0 Å². The van der Waals surface area contributed by atoms with E-state index in [1.54, 1.807) is 0 Å². The fraction of sp³-hybridized carbons (Fsp3) is 0.882. The van der Waals surface area contributed by atoms with Crippen LogP contribution in [0.1, 0.15) is 58.8 Å². The van der Waals surface area contributed by atoms with Crippen molar-refractivity contribution >= 4 is 23.7 Å². The highest BCUT2D eigenvalue weighted by molar-refractivity contribution is 8.00. The third kappa shape index (κ3) is 4.36. The van der Waals surface area contributed by atoms with E-state index < -0.39 is 0 Å². The van der Waals surface area contributed by atoms with Crippen molar-refractivity contribution < 1.29 is 9.59 Å². The van der Waals surface area contributed by atoms with Crippen molar-refractivity contribution in [2.45, 2.75) is 75.1 Å². The Hall–Kier alpha value is -0.950. The zero-order valence-corrected chi connectivity index (χ0v) is 15.8. The molecule has 2 aliphatic rings. The Balaban J connectivity index is 1.61. The number of unbranched alkanes of at least 4 members (excludes halogenated alkanes) is 3. The van der Waals surface area contributed by atoms with Crippen LogP contribution in [0.15, 0.2) is 0 Å². The Morgan fingerprint density at radius 1 is 1.25 bits per heavy atom. The molecule has 0 bridgehead atoms. The topological polar surface area (TPSA) is 96.2 Å². The van der Waals surface area contributed by atoms with Gasteiger partial charge in [-0.3, -0.25) is 4.79 Å². The molecule has 0 aromatic heterocycles. The maximum atomic E-state index is 11.8. The van der Waals surface area contributed by atoms with Gasteiger partial charge in [0.1, 0.15) is 0 Å². The molecule has 24 heavy (non-hydrogen) atoms. The quantitative estimate of drug-likeness (QED) is 0.354. The minimum Gasteiger partial charge on any atom is -0.356 e. The van der Waals surface area contributed by atoms with Gasteiger partial charge in [-0.1, -0.05) is 12.8 Å². The van der Waals surface area contributed by atoms with E-state index in [9.17, 15) is 9.59 Å². The number of urea groups is 1. The van der Waals surface area contributed by atoms with Gasteiger partial charge in [0, 0.05) is 24.0 Å². The van der Waals surface area contributed by atoms with Gasteiger partial charge in [0.15, 0.2) is 0 Å². The van der Waals surface area contributed by atoms with E-state index in [2.05, 4.69) is 29.8 Å². The zero-order valence-electron chi connectivity index (χ0n) is 15.0. The standard InChI is InChI=1S/C17H32N4O2S/c1-16-12-24-13(17(16,2)21-15(23)20-16)8-4-5-9-14(22)19-11-7-3-6-10-18/h13H,3-12,18H2,1-2H3,(H,19,22)(H2,20,21,23). The first-order valence-corrected chi connectivity index (χ1v) is 10.1. The molecule has 138 valence electrons. The first kappa shape index (κ1) is 19.4. The van der Waals surface area contributed by atoms with Gasteiger partial charge in [0.25, 0.3) is 0 Å². The van der Waals surface area contributed by atoms with Crippen LogP contribution in [0.5, 0.6) is 0 Å². The summed E-state index contributed by atoms with van der Waals surface area (Å²) in [5.74, 6) is 1.09. The highest BCUT2D eigenvalue weighted by Gasteiger charge is 2.60. The van der Waals surface area contributed by atoms with Gasteiger partial charge < -0.3 is 21.7 Å². The molecule has 2 rings (SSSR count).